The lowest BCUT2D eigenvalue weighted by Crippen LogP contribution is -2.13. The van der Waals surface area contributed by atoms with Gasteiger partial charge in [0.05, 0.1) is 5.52 Å². The molecule has 0 atom stereocenters. The summed E-state index contributed by atoms with van der Waals surface area (Å²) in [7, 11) is 0. The van der Waals surface area contributed by atoms with Crippen LogP contribution < -0.4 is 5.32 Å². The fourth-order valence-electron chi connectivity index (χ4n) is 2.32. The largest absolute Gasteiger partial charge is 0.385 e. The lowest BCUT2D eigenvalue weighted by atomic mass is 9.85. The number of pyridine rings is 1. The van der Waals surface area contributed by atoms with Crippen molar-refractivity contribution in [3.63, 3.8) is 0 Å². The molecule has 0 saturated heterocycles. The highest BCUT2D eigenvalue weighted by atomic mass is 14.9. The van der Waals surface area contributed by atoms with Crippen LogP contribution in [0, 0.1) is 6.92 Å². The Balaban J connectivity index is 2.77. The maximum atomic E-state index is 4.74. The van der Waals surface area contributed by atoms with E-state index in [9.17, 15) is 0 Å². The molecule has 18 heavy (non-hydrogen) atoms. The summed E-state index contributed by atoms with van der Waals surface area (Å²) < 4.78 is 0. The third-order valence-corrected chi connectivity index (χ3v) is 3.14. The standard InChI is InChI=1S/C16H22N2/c1-6-17-14-10-11(2)18-15-12(14)8-7-9-13(15)16(3,4)5/h7-10H,6H2,1-5H3,(H,17,18). The summed E-state index contributed by atoms with van der Waals surface area (Å²) in [6.07, 6.45) is 0. The molecule has 0 amide bonds. The van der Waals surface area contributed by atoms with Crippen molar-refractivity contribution in [1.82, 2.24) is 4.98 Å². The highest BCUT2D eigenvalue weighted by Crippen LogP contribution is 2.32. The van der Waals surface area contributed by atoms with Crippen LogP contribution in [-0.4, -0.2) is 11.5 Å². The summed E-state index contributed by atoms with van der Waals surface area (Å²) in [4.78, 5) is 4.74. The summed E-state index contributed by atoms with van der Waals surface area (Å²) in [5, 5.41) is 4.65. The van der Waals surface area contributed by atoms with Crippen LogP contribution in [0.25, 0.3) is 10.9 Å². The van der Waals surface area contributed by atoms with E-state index in [1.807, 2.05) is 0 Å². The second-order valence-electron chi connectivity index (χ2n) is 5.79. The number of benzene rings is 1. The van der Waals surface area contributed by atoms with Crippen molar-refractivity contribution in [2.75, 3.05) is 11.9 Å². The van der Waals surface area contributed by atoms with E-state index in [0.29, 0.717) is 0 Å². The number of anilines is 1. The van der Waals surface area contributed by atoms with Gasteiger partial charge >= 0.3 is 0 Å². The van der Waals surface area contributed by atoms with E-state index in [-0.39, 0.29) is 5.41 Å². The van der Waals surface area contributed by atoms with E-state index in [4.69, 9.17) is 4.98 Å². The van der Waals surface area contributed by atoms with Gasteiger partial charge in [0.2, 0.25) is 0 Å². The Kier molecular flexibility index (Phi) is 3.29. The summed E-state index contributed by atoms with van der Waals surface area (Å²) in [6, 6.07) is 8.58. The fraction of sp³-hybridized carbons (Fsp3) is 0.438. The molecule has 0 fully saturated rings. The Morgan fingerprint density at radius 1 is 1.22 bits per heavy atom. The third kappa shape index (κ3) is 2.33. The number of nitrogens with one attached hydrogen (secondary N) is 1. The lowest BCUT2D eigenvalue weighted by Gasteiger charge is -2.21. The molecule has 2 aromatic rings. The van der Waals surface area contributed by atoms with Gasteiger partial charge in [-0.15, -0.1) is 0 Å². The van der Waals surface area contributed by atoms with Gasteiger partial charge in [0.1, 0.15) is 0 Å². The third-order valence-electron chi connectivity index (χ3n) is 3.14. The molecular formula is C16H22N2. The van der Waals surface area contributed by atoms with Gasteiger partial charge in [0.25, 0.3) is 0 Å². The van der Waals surface area contributed by atoms with E-state index in [0.717, 1.165) is 17.8 Å². The first kappa shape index (κ1) is 12.9. The molecule has 0 aliphatic heterocycles. The zero-order valence-corrected chi connectivity index (χ0v) is 12.0. The average Bonchev–Trinajstić information content (AvgIpc) is 2.27. The first-order valence-electron chi connectivity index (χ1n) is 6.58. The Morgan fingerprint density at radius 2 is 1.94 bits per heavy atom. The van der Waals surface area contributed by atoms with Gasteiger partial charge < -0.3 is 5.32 Å². The first-order valence-corrected chi connectivity index (χ1v) is 6.58. The predicted molar refractivity (Wildman–Crippen MR) is 79.3 cm³/mol. The number of fused-ring (bicyclic) bond motifs is 1. The van der Waals surface area contributed by atoms with E-state index in [1.165, 1.54) is 16.6 Å². The highest BCUT2D eigenvalue weighted by Gasteiger charge is 2.18. The fourth-order valence-corrected chi connectivity index (χ4v) is 2.32. The minimum Gasteiger partial charge on any atom is -0.385 e. The minimum absolute atomic E-state index is 0.115. The molecule has 1 aromatic heterocycles. The number of para-hydroxylation sites is 1. The van der Waals surface area contributed by atoms with E-state index in [1.54, 1.807) is 0 Å². The van der Waals surface area contributed by atoms with Crippen molar-refractivity contribution < 1.29 is 0 Å². The molecule has 0 unspecified atom stereocenters. The first-order chi connectivity index (χ1) is 8.43. The van der Waals surface area contributed by atoms with Crippen LogP contribution in [0.15, 0.2) is 24.3 Å². The van der Waals surface area contributed by atoms with Crippen LogP contribution in [0.5, 0.6) is 0 Å². The van der Waals surface area contributed by atoms with Crippen molar-refractivity contribution in [3.8, 4) is 0 Å². The Hall–Kier alpha value is -1.57. The van der Waals surface area contributed by atoms with Gasteiger partial charge in [-0.1, -0.05) is 39.0 Å². The molecule has 96 valence electrons. The van der Waals surface area contributed by atoms with E-state index < -0.39 is 0 Å². The van der Waals surface area contributed by atoms with Crippen molar-refractivity contribution in [1.29, 1.82) is 0 Å². The molecular weight excluding hydrogens is 220 g/mol. The molecule has 1 heterocycles. The van der Waals surface area contributed by atoms with Gasteiger partial charge in [-0.2, -0.15) is 0 Å². The molecule has 0 saturated carbocycles. The molecule has 0 radical (unpaired) electrons. The van der Waals surface area contributed by atoms with Crippen LogP contribution in [0.4, 0.5) is 5.69 Å². The molecule has 0 aliphatic rings. The smallest absolute Gasteiger partial charge is 0.0763 e. The number of aromatic nitrogens is 1. The van der Waals surface area contributed by atoms with E-state index >= 15 is 0 Å². The number of hydrogen-bond donors (Lipinski definition) is 1. The van der Waals surface area contributed by atoms with Crippen LogP contribution in [0.2, 0.25) is 0 Å². The second kappa shape index (κ2) is 4.60. The molecule has 2 heteroatoms. The Morgan fingerprint density at radius 3 is 2.56 bits per heavy atom. The average molecular weight is 242 g/mol. The molecule has 1 N–H and O–H groups in total. The monoisotopic (exact) mass is 242 g/mol. The SMILES string of the molecule is CCNc1cc(C)nc2c(C(C)(C)C)cccc12. The zero-order valence-electron chi connectivity index (χ0n) is 12.0. The van der Waals surface area contributed by atoms with Crippen molar-refractivity contribution >= 4 is 16.6 Å². The van der Waals surface area contributed by atoms with Crippen LogP contribution in [-0.2, 0) is 5.41 Å². The predicted octanol–water partition coefficient (Wildman–Crippen LogP) is 4.27. The van der Waals surface area contributed by atoms with Gasteiger partial charge in [0.15, 0.2) is 0 Å². The van der Waals surface area contributed by atoms with Crippen LogP contribution >= 0.6 is 0 Å². The number of rotatable bonds is 2. The van der Waals surface area contributed by atoms with Gasteiger partial charge in [-0.25, -0.2) is 0 Å². The van der Waals surface area contributed by atoms with Crippen molar-refractivity contribution in [2.24, 2.45) is 0 Å². The topological polar surface area (TPSA) is 24.9 Å². The highest BCUT2D eigenvalue weighted by molar-refractivity contribution is 5.94. The molecule has 0 spiro atoms. The van der Waals surface area contributed by atoms with E-state index in [2.05, 4.69) is 64.2 Å². The van der Waals surface area contributed by atoms with Gasteiger partial charge in [-0.3, -0.25) is 4.98 Å². The molecule has 2 rings (SSSR count). The summed E-state index contributed by atoms with van der Waals surface area (Å²) in [6.45, 7) is 11.8. The summed E-state index contributed by atoms with van der Waals surface area (Å²) in [5.74, 6) is 0. The summed E-state index contributed by atoms with van der Waals surface area (Å²) in [5.41, 5.74) is 4.80. The van der Waals surface area contributed by atoms with Gasteiger partial charge in [-0.05, 0) is 30.9 Å². The van der Waals surface area contributed by atoms with Crippen LogP contribution in [0.3, 0.4) is 0 Å². The molecule has 0 aliphatic carbocycles. The minimum atomic E-state index is 0.115. The van der Waals surface area contributed by atoms with Crippen molar-refractivity contribution in [2.45, 2.75) is 40.0 Å². The van der Waals surface area contributed by atoms with Crippen molar-refractivity contribution in [3.05, 3.63) is 35.5 Å². The molecule has 2 nitrogen and oxygen atoms in total. The van der Waals surface area contributed by atoms with Gasteiger partial charge in [0, 0.05) is 23.3 Å². The zero-order chi connectivity index (χ0) is 13.3. The number of nitrogens with zero attached hydrogens (tertiary/aromatic N) is 1. The Labute approximate surface area is 109 Å². The Bertz CT molecular complexity index is 565. The van der Waals surface area contributed by atoms with Crippen LogP contribution in [0.1, 0.15) is 39.0 Å². The maximum absolute atomic E-state index is 4.74. The molecule has 0 bridgehead atoms. The lowest BCUT2D eigenvalue weighted by molar-refractivity contribution is 0.594. The normalized spacial score (nSPS) is 11.8. The number of aryl methyl sites for hydroxylation is 1. The quantitative estimate of drug-likeness (QED) is 0.850. The summed E-state index contributed by atoms with van der Waals surface area (Å²) >= 11 is 0. The maximum Gasteiger partial charge on any atom is 0.0763 e. The number of hydrogen-bond acceptors (Lipinski definition) is 2. The molecule has 1 aromatic carbocycles. The second-order valence-corrected chi connectivity index (χ2v) is 5.79.